The summed E-state index contributed by atoms with van der Waals surface area (Å²) in [6.07, 6.45) is 1.98. The molecule has 0 amide bonds. The zero-order valence-electron chi connectivity index (χ0n) is 10.5. The molecule has 0 aromatic carbocycles. The molecule has 3 heteroatoms. The van der Waals surface area contributed by atoms with Crippen molar-refractivity contribution >= 4 is 11.1 Å². The lowest BCUT2D eigenvalue weighted by molar-refractivity contribution is 0.562. The monoisotopic (exact) mass is 232 g/mol. The molecule has 0 aliphatic rings. The molecule has 0 aromatic heterocycles. The van der Waals surface area contributed by atoms with E-state index >= 15 is 0 Å². The Morgan fingerprint density at radius 1 is 1.20 bits per heavy atom. The summed E-state index contributed by atoms with van der Waals surface area (Å²) in [7, 11) is 0. The maximum Gasteiger partial charge on any atom is 0.156 e. The van der Waals surface area contributed by atoms with Gasteiger partial charge in [-0.3, -0.25) is 0 Å². The maximum absolute atomic E-state index is 10.9. The Bertz CT molecular complexity index is 232. The van der Waals surface area contributed by atoms with Gasteiger partial charge in [-0.2, -0.15) is 0 Å². The number of hydrogen-bond acceptors (Lipinski definition) is 1. The van der Waals surface area contributed by atoms with Crippen LogP contribution < -0.4 is 0 Å². The van der Waals surface area contributed by atoms with Crippen LogP contribution in [-0.2, 0) is 11.1 Å². The van der Waals surface area contributed by atoms with Gasteiger partial charge in [0.15, 0.2) is 11.1 Å². The lowest BCUT2D eigenvalue weighted by atomic mass is 9.87. The molecule has 0 heterocycles. The van der Waals surface area contributed by atoms with Crippen LogP contribution in [0.1, 0.15) is 47.5 Å². The molecule has 1 atom stereocenters. The van der Waals surface area contributed by atoms with Crippen molar-refractivity contribution in [3.05, 3.63) is 11.1 Å². The van der Waals surface area contributed by atoms with Crippen molar-refractivity contribution in [3.63, 3.8) is 0 Å². The van der Waals surface area contributed by atoms with Crippen molar-refractivity contribution in [2.24, 2.45) is 11.8 Å². The fourth-order valence-corrected chi connectivity index (χ4v) is 2.84. The second-order valence-electron chi connectivity index (χ2n) is 4.58. The zero-order valence-corrected chi connectivity index (χ0v) is 11.4. The molecule has 0 bridgehead atoms. The van der Waals surface area contributed by atoms with Gasteiger partial charge >= 0.3 is 0 Å². The quantitative estimate of drug-likeness (QED) is 0.561. The average molecular weight is 232 g/mol. The van der Waals surface area contributed by atoms with Gasteiger partial charge in [-0.1, -0.05) is 52.2 Å². The highest BCUT2D eigenvalue weighted by molar-refractivity contribution is 7.79. The Labute approximate surface area is 96.4 Å². The molecule has 0 rings (SSSR count). The van der Waals surface area contributed by atoms with E-state index in [4.69, 9.17) is 4.55 Å². The van der Waals surface area contributed by atoms with Gasteiger partial charge in [0, 0.05) is 0 Å². The molecule has 0 saturated carbocycles. The van der Waals surface area contributed by atoms with Gasteiger partial charge in [0.25, 0.3) is 0 Å². The molecule has 1 N–H and O–H groups in total. The van der Waals surface area contributed by atoms with Crippen LogP contribution in [-0.4, -0.2) is 14.5 Å². The van der Waals surface area contributed by atoms with Crippen LogP contribution in [0.2, 0.25) is 0 Å². The van der Waals surface area contributed by atoms with E-state index in [1.165, 1.54) is 11.1 Å². The van der Waals surface area contributed by atoms with Gasteiger partial charge in [-0.15, -0.1) is 0 Å². The molecule has 0 aliphatic carbocycles. The lowest BCUT2D eigenvalue weighted by Crippen LogP contribution is -2.11. The van der Waals surface area contributed by atoms with E-state index in [0.717, 1.165) is 12.8 Å². The fourth-order valence-electron chi connectivity index (χ4n) is 2.23. The largest absolute Gasteiger partial charge is 0.306 e. The topological polar surface area (TPSA) is 37.3 Å². The SMILES string of the molecule is CCCC(CS(=O)O)=C(C(C)C)C(C)C. The Balaban J connectivity index is 5.05. The summed E-state index contributed by atoms with van der Waals surface area (Å²) in [4.78, 5) is 0. The second-order valence-corrected chi connectivity index (χ2v) is 5.52. The highest BCUT2D eigenvalue weighted by atomic mass is 32.2. The molecule has 0 aliphatic heterocycles. The van der Waals surface area contributed by atoms with E-state index in [0.29, 0.717) is 17.6 Å². The molecule has 0 fully saturated rings. The van der Waals surface area contributed by atoms with E-state index in [9.17, 15) is 4.21 Å². The third-order valence-electron chi connectivity index (χ3n) is 2.50. The molecule has 0 saturated heterocycles. The third kappa shape index (κ3) is 5.47. The van der Waals surface area contributed by atoms with Crippen LogP contribution in [0.3, 0.4) is 0 Å². The average Bonchev–Trinajstić information content (AvgIpc) is 2.01. The fraction of sp³-hybridized carbons (Fsp3) is 0.833. The molecule has 15 heavy (non-hydrogen) atoms. The first-order valence-corrected chi connectivity index (χ1v) is 6.96. The molecular weight excluding hydrogens is 208 g/mol. The predicted molar refractivity (Wildman–Crippen MR) is 67.2 cm³/mol. The molecule has 2 nitrogen and oxygen atoms in total. The van der Waals surface area contributed by atoms with Crippen molar-refractivity contribution in [2.75, 3.05) is 5.75 Å². The molecule has 90 valence electrons. The molecule has 0 radical (unpaired) electrons. The first-order valence-electron chi connectivity index (χ1n) is 5.69. The lowest BCUT2D eigenvalue weighted by Gasteiger charge is -2.21. The minimum absolute atomic E-state index is 0.319. The standard InChI is InChI=1S/C12H24O2S/c1-6-7-11(8-15(13)14)12(9(2)3)10(4)5/h9-10H,6-8H2,1-5H3,(H,13,14). The summed E-state index contributed by atoms with van der Waals surface area (Å²) in [5, 5.41) is 0. The maximum atomic E-state index is 10.9. The normalized spacial score (nSPS) is 13.3. The van der Waals surface area contributed by atoms with E-state index < -0.39 is 11.1 Å². The van der Waals surface area contributed by atoms with Crippen molar-refractivity contribution in [3.8, 4) is 0 Å². The summed E-state index contributed by atoms with van der Waals surface area (Å²) in [5.74, 6) is 1.25. The van der Waals surface area contributed by atoms with Crippen molar-refractivity contribution in [1.29, 1.82) is 0 Å². The van der Waals surface area contributed by atoms with Crippen molar-refractivity contribution in [2.45, 2.75) is 47.5 Å². The van der Waals surface area contributed by atoms with Gasteiger partial charge in [0.05, 0.1) is 5.75 Å². The van der Waals surface area contributed by atoms with Crippen LogP contribution in [0.15, 0.2) is 11.1 Å². The Hall–Kier alpha value is -0.150. The van der Waals surface area contributed by atoms with E-state index in [1.54, 1.807) is 0 Å². The summed E-state index contributed by atoms with van der Waals surface area (Å²) in [6, 6.07) is 0. The van der Waals surface area contributed by atoms with E-state index in [1.807, 2.05) is 0 Å². The Morgan fingerprint density at radius 2 is 1.67 bits per heavy atom. The van der Waals surface area contributed by atoms with Crippen molar-refractivity contribution < 1.29 is 8.76 Å². The Kier molecular flexibility index (Phi) is 7.11. The highest BCUT2D eigenvalue weighted by Crippen LogP contribution is 2.26. The summed E-state index contributed by atoms with van der Waals surface area (Å²) >= 11 is -1.71. The van der Waals surface area contributed by atoms with Gasteiger partial charge in [0.1, 0.15) is 0 Å². The zero-order chi connectivity index (χ0) is 12.0. The van der Waals surface area contributed by atoms with Crippen LogP contribution in [0.25, 0.3) is 0 Å². The Morgan fingerprint density at radius 3 is 1.93 bits per heavy atom. The van der Waals surface area contributed by atoms with Gasteiger partial charge in [-0.05, 0) is 18.3 Å². The number of hydrogen-bond donors (Lipinski definition) is 1. The summed E-state index contributed by atoms with van der Waals surface area (Å²) < 4.78 is 19.9. The minimum Gasteiger partial charge on any atom is -0.306 e. The van der Waals surface area contributed by atoms with Gasteiger partial charge in [-0.25, -0.2) is 4.21 Å². The van der Waals surface area contributed by atoms with Crippen LogP contribution in [0.4, 0.5) is 0 Å². The van der Waals surface area contributed by atoms with E-state index in [2.05, 4.69) is 34.6 Å². The number of rotatable bonds is 6. The second kappa shape index (κ2) is 7.18. The predicted octanol–water partition coefficient (Wildman–Crippen LogP) is 3.62. The molecule has 1 unspecified atom stereocenters. The summed E-state index contributed by atoms with van der Waals surface area (Å²) in [5.41, 5.74) is 2.54. The summed E-state index contributed by atoms with van der Waals surface area (Å²) in [6.45, 7) is 10.7. The van der Waals surface area contributed by atoms with Gasteiger partial charge < -0.3 is 4.55 Å². The third-order valence-corrected chi connectivity index (χ3v) is 3.10. The first-order chi connectivity index (χ1) is 6.90. The van der Waals surface area contributed by atoms with Crippen LogP contribution in [0, 0.1) is 11.8 Å². The van der Waals surface area contributed by atoms with E-state index in [-0.39, 0.29) is 0 Å². The van der Waals surface area contributed by atoms with Crippen molar-refractivity contribution in [1.82, 2.24) is 0 Å². The molecule has 0 spiro atoms. The van der Waals surface area contributed by atoms with Crippen LogP contribution in [0.5, 0.6) is 0 Å². The number of allylic oxidation sites excluding steroid dienone is 1. The minimum atomic E-state index is -1.71. The van der Waals surface area contributed by atoms with Gasteiger partial charge in [0.2, 0.25) is 0 Å². The first kappa shape index (κ1) is 14.8. The highest BCUT2D eigenvalue weighted by Gasteiger charge is 2.15. The molecular formula is C12H24O2S. The smallest absolute Gasteiger partial charge is 0.156 e. The molecule has 0 aromatic rings. The van der Waals surface area contributed by atoms with Crippen LogP contribution >= 0.6 is 0 Å².